The van der Waals surface area contributed by atoms with Gasteiger partial charge in [0.1, 0.15) is 11.5 Å². The van der Waals surface area contributed by atoms with E-state index in [1.165, 1.54) is 0 Å². The number of nitrogens with two attached hydrogens (primary N) is 1. The molecule has 0 aromatic heterocycles. The van der Waals surface area contributed by atoms with Crippen molar-refractivity contribution in [1.29, 1.82) is 0 Å². The topological polar surface area (TPSA) is 73.6 Å². The molecule has 0 saturated carbocycles. The Bertz CT molecular complexity index is 668. The Morgan fingerprint density at radius 3 is 2.52 bits per heavy atom. The predicted octanol–water partition coefficient (Wildman–Crippen LogP) is 3.38. The normalized spacial score (nSPS) is 11.6. The highest BCUT2D eigenvalue weighted by molar-refractivity contribution is 5.96. The van der Waals surface area contributed by atoms with Crippen LogP contribution >= 0.6 is 0 Å². The molecule has 0 fully saturated rings. The van der Waals surface area contributed by atoms with E-state index in [0.717, 1.165) is 5.56 Å². The van der Waals surface area contributed by atoms with Crippen LogP contribution in [0, 0.1) is 6.92 Å². The SMILES string of the molecule is CC[C@@H](Oc1ccc(C)cc1)C(=O)Nc1cc(N)ccc1OC. The number of ether oxygens (including phenoxy) is 2. The van der Waals surface area contributed by atoms with Gasteiger partial charge in [-0.05, 0) is 43.7 Å². The zero-order valence-corrected chi connectivity index (χ0v) is 13.6. The van der Waals surface area contributed by atoms with Crippen molar-refractivity contribution >= 4 is 17.3 Å². The lowest BCUT2D eigenvalue weighted by molar-refractivity contribution is -0.122. The average molecular weight is 314 g/mol. The summed E-state index contributed by atoms with van der Waals surface area (Å²) in [6.07, 6.45) is -0.0477. The minimum Gasteiger partial charge on any atom is -0.495 e. The van der Waals surface area contributed by atoms with Crippen molar-refractivity contribution < 1.29 is 14.3 Å². The molecular weight excluding hydrogens is 292 g/mol. The molecule has 1 atom stereocenters. The standard InChI is InChI=1S/C18H22N2O3/c1-4-16(23-14-8-5-12(2)6-9-14)18(21)20-15-11-13(19)7-10-17(15)22-3/h5-11,16H,4,19H2,1-3H3,(H,20,21)/t16-/m1/s1. The Hall–Kier alpha value is -2.69. The average Bonchev–Trinajstić information content (AvgIpc) is 2.54. The summed E-state index contributed by atoms with van der Waals surface area (Å²) in [4.78, 5) is 12.5. The molecule has 2 rings (SSSR count). The molecule has 0 aliphatic carbocycles. The fourth-order valence-corrected chi connectivity index (χ4v) is 2.14. The minimum absolute atomic E-state index is 0.239. The lowest BCUT2D eigenvalue weighted by Crippen LogP contribution is -2.32. The van der Waals surface area contributed by atoms with E-state index >= 15 is 0 Å². The lowest BCUT2D eigenvalue weighted by atomic mass is 10.2. The summed E-state index contributed by atoms with van der Waals surface area (Å²) < 4.78 is 11.0. The quantitative estimate of drug-likeness (QED) is 0.802. The predicted molar refractivity (Wildman–Crippen MR) is 91.9 cm³/mol. The summed E-state index contributed by atoms with van der Waals surface area (Å²) in [5.74, 6) is 0.979. The third-order valence-corrected chi connectivity index (χ3v) is 3.44. The van der Waals surface area contributed by atoms with Gasteiger partial charge in [0, 0.05) is 5.69 Å². The van der Waals surface area contributed by atoms with E-state index in [-0.39, 0.29) is 5.91 Å². The van der Waals surface area contributed by atoms with Gasteiger partial charge < -0.3 is 20.5 Å². The number of aryl methyl sites for hydroxylation is 1. The van der Waals surface area contributed by atoms with Gasteiger partial charge in [0.25, 0.3) is 5.91 Å². The monoisotopic (exact) mass is 314 g/mol. The highest BCUT2D eigenvalue weighted by Crippen LogP contribution is 2.27. The van der Waals surface area contributed by atoms with E-state index in [0.29, 0.717) is 29.3 Å². The van der Waals surface area contributed by atoms with Gasteiger partial charge in [-0.3, -0.25) is 4.79 Å². The fourth-order valence-electron chi connectivity index (χ4n) is 2.14. The van der Waals surface area contributed by atoms with Crippen LogP contribution in [0.4, 0.5) is 11.4 Å². The molecule has 0 aliphatic heterocycles. The lowest BCUT2D eigenvalue weighted by Gasteiger charge is -2.18. The maximum Gasteiger partial charge on any atom is 0.265 e. The number of carbonyl (C=O) groups is 1. The molecule has 0 aliphatic rings. The second-order valence-corrected chi connectivity index (χ2v) is 5.28. The third-order valence-electron chi connectivity index (χ3n) is 3.44. The number of hydrogen-bond donors (Lipinski definition) is 2. The largest absolute Gasteiger partial charge is 0.495 e. The number of anilines is 2. The molecule has 0 heterocycles. The van der Waals surface area contributed by atoms with Gasteiger partial charge in [-0.1, -0.05) is 24.6 Å². The molecule has 0 saturated heterocycles. The molecule has 5 nitrogen and oxygen atoms in total. The van der Waals surface area contributed by atoms with Crippen LogP contribution in [0.25, 0.3) is 0 Å². The molecule has 5 heteroatoms. The number of benzene rings is 2. The molecule has 2 aromatic carbocycles. The first-order valence-electron chi connectivity index (χ1n) is 7.51. The summed E-state index contributed by atoms with van der Waals surface area (Å²) in [7, 11) is 1.54. The second-order valence-electron chi connectivity index (χ2n) is 5.28. The molecule has 3 N–H and O–H groups in total. The van der Waals surface area contributed by atoms with Crippen LogP contribution in [0.3, 0.4) is 0 Å². The molecule has 0 bridgehead atoms. The van der Waals surface area contributed by atoms with Crippen molar-refractivity contribution in [2.45, 2.75) is 26.4 Å². The molecule has 0 radical (unpaired) electrons. The maximum absolute atomic E-state index is 12.5. The van der Waals surface area contributed by atoms with Crippen molar-refractivity contribution in [3.05, 3.63) is 48.0 Å². The van der Waals surface area contributed by atoms with Gasteiger partial charge in [0.05, 0.1) is 12.8 Å². The Morgan fingerprint density at radius 2 is 1.91 bits per heavy atom. The number of carbonyl (C=O) groups excluding carboxylic acids is 1. The van der Waals surface area contributed by atoms with Crippen LogP contribution in [0.2, 0.25) is 0 Å². The summed E-state index contributed by atoms with van der Waals surface area (Å²) in [6, 6.07) is 12.7. The van der Waals surface area contributed by atoms with Crippen LogP contribution < -0.4 is 20.5 Å². The first-order chi connectivity index (χ1) is 11.0. The second kappa shape index (κ2) is 7.54. The van der Waals surface area contributed by atoms with Crippen molar-refractivity contribution in [1.82, 2.24) is 0 Å². The Morgan fingerprint density at radius 1 is 1.22 bits per heavy atom. The first-order valence-corrected chi connectivity index (χ1v) is 7.51. The summed E-state index contributed by atoms with van der Waals surface area (Å²) in [6.45, 7) is 3.90. The van der Waals surface area contributed by atoms with E-state index in [4.69, 9.17) is 15.2 Å². The van der Waals surface area contributed by atoms with Crippen molar-refractivity contribution in [3.63, 3.8) is 0 Å². The molecule has 1 amide bonds. The zero-order valence-electron chi connectivity index (χ0n) is 13.6. The zero-order chi connectivity index (χ0) is 16.8. The third kappa shape index (κ3) is 4.39. The first kappa shape index (κ1) is 16.7. The number of rotatable bonds is 6. The number of hydrogen-bond acceptors (Lipinski definition) is 4. The summed E-state index contributed by atoms with van der Waals surface area (Å²) in [5.41, 5.74) is 7.99. The van der Waals surface area contributed by atoms with E-state index in [1.54, 1.807) is 25.3 Å². The van der Waals surface area contributed by atoms with Gasteiger partial charge in [0.2, 0.25) is 0 Å². The molecular formula is C18H22N2O3. The molecule has 2 aromatic rings. The van der Waals surface area contributed by atoms with E-state index in [9.17, 15) is 4.79 Å². The summed E-state index contributed by atoms with van der Waals surface area (Å²) >= 11 is 0. The van der Waals surface area contributed by atoms with E-state index in [1.807, 2.05) is 38.1 Å². The van der Waals surface area contributed by atoms with Crippen LogP contribution in [0.15, 0.2) is 42.5 Å². The minimum atomic E-state index is -0.594. The summed E-state index contributed by atoms with van der Waals surface area (Å²) in [5, 5.41) is 2.82. The number of nitrogen functional groups attached to an aromatic ring is 1. The van der Waals surface area contributed by atoms with Crippen LogP contribution in [0.1, 0.15) is 18.9 Å². The van der Waals surface area contributed by atoms with E-state index in [2.05, 4.69) is 5.32 Å². The van der Waals surface area contributed by atoms with Crippen molar-refractivity contribution in [2.24, 2.45) is 0 Å². The molecule has 0 spiro atoms. The van der Waals surface area contributed by atoms with Gasteiger partial charge in [0.15, 0.2) is 6.10 Å². The fraction of sp³-hybridized carbons (Fsp3) is 0.278. The number of amides is 1. The smallest absolute Gasteiger partial charge is 0.265 e. The van der Waals surface area contributed by atoms with Crippen LogP contribution in [-0.4, -0.2) is 19.1 Å². The van der Waals surface area contributed by atoms with Gasteiger partial charge >= 0.3 is 0 Å². The van der Waals surface area contributed by atoms with Gasteiger partial charge in [-0.25, -0.2) is 0 Å². The van der Waals surface area contributed by atoms with Crippen molar-refractivity contribution in [3.8, 4) is 11.5 Å². The molecule has 122 valence electrons. The highest BCUT2D eigenvalue weighted by atomic mass is 16.5. The highest BCUT2D eigenvalue weighted by Gasteiger charge is 2.20. The molecule has 0 unspecified atom stereocenters. The van der Waals surface area contributed by atoms with Crippen LogP contribution in [-0.2, 0) is 4.79 Å². The van der Waals surface area contributed by atoms with Gasteiger partial charge in [-0.15, -0.1) is 0 Å². The Balaban J connectivity index is 2.11. The number of nitrogens with one attached hydrogen (secondary N) is 1. The maximum atomic E-state index is 12.5. The molecule has 23 heavy (non-hydrogen) atoms. The van der Waals surface area contributed by atoms with E-state index < -0.39 is 6.10 Å². The van der Waals surface area contributed by atoms with Crippen LogP contribution in [0.5, 0.6) is 11.5 Å². The Kier molecular flexibility index (Phi) is 5.46. The number of methoxy groups -OCH3 is 1. The Labute approximate surface area is 136 Å². The van der Waals surface area contributed by atoms with Crippen molar-refractivity contribution in [2.75, 3.05) is 18.2 Å². The van der Waals surface area contributed by atoms with Gasteiger partial charge in [-0.2, -0.15) is 0 Å².